The van der Waals surface area contributed by atoms with Gasteiger partial charge in [0.2, 0.25) is 0 Å². The third-order valence-electron chi connectivity index (χ3n) is 3.57. The normalized spacial score (nSPS) is 18.3. The van der Waals surface area contributed by atoms with Crippen LogP contribution in [0, 0.1) is 0 Å². The first-order chi connectivity index (χ1) is 6.54. The molecule has 1 aromatic heterocycles. The summed E-state index contributed by atoms with van der Waals surface area (Å²) in [6, 6.07) is 3.87. The van der Waals surface area contributed by atoms with Crippen LogP contribution in [0.25, 0.3) is 0 Å². The molecule has 0 saturated heterocycles. The van der Waals surface area contributed by atoms with Crippen LogP contribution in [0.3, 0.4) is 0 Å². The van der Waals surface area contributed by atoms with Crippen LogP contribution < -0.4 is 9.75 Å². The first-order valence-corrected chi connectivity index (χ1v) is 8.77. The fraction of sp³-hybridized carbons (Fsp3) is 0.583. The van der Waals surface area contributed by atoms with Gasteiger partial charge in [-0.1, -0.05) is 20.0 Å². The molecule has 1 aromatic rings. The van der Waals surface area contributed by atoms with Crippen molar-refractivity contribution in [3.8, 4) is 0 Å². The van der Waals surface area contributed by atoms with E-state index in [4.69, 9.17) is 0 Å². The number of aryl methyl sites for hydroxylation is 3. The van der Waals surface area contributed by atoms with Crippen LogP contribution in [0.4, 0.5) is 0 Å². The van der Waals surface area contributed by atoms with Crippen molar-refractivity contribution in [1.29, 1.82) is 0 Å². The number of rotatable bonds is 1. The molecular weight excluding hydrogens is 186 g/mol. The molecule has 0 fully saturated rings. The second kappa shape index (κ2) is 3.19. The number of hydrogen-bond donors (Lipinski definition) is 0. The zero-order valence-electron chi connectivity index (χ0n) is 9.72. The van der Waals surface area contributed by atoms with E-state index in [2.05, 4.69) is 43.9 Å². The number of fused-ring (bicyclic) bond motifs is 1. The molecule has 1 aliphatic heterocycles. The first kappa shape index (κ1) is 9.90. The van der Waals surface area contributed by atoms with Gasteiger partial charge in [-0.05, 0) is 18.0 Å². The van der Waals surface area contributed by atoms with Crippen molar-refractivity contribution < 1.29 is 4.57 Å². The second-order valence-electron chi connectivity index (χ2n) is 5.05. The predicted octanol–water partition coefficient (Wildman–Crippen LogP) is 1.54. The lowest BCUT2D eigenvalue weighted by Crippen LogP contribution is -2.45. The first-order valence-electron chi connectivity index (χ1n) is 5.56. The highest BCUT2D eigenvalue weighted by Gasteiger charge is 2.34. The van der Waals surface area contributed by atoms with Gasteiger partial charge in [-0.3, -0.25) is 0 Å². The lowest BCUT2D eigenvalue weighted by molar-refractivity contribution is -0.678. The summed E-state index contributed by atoms with van der Waals surface area (Å²) in [5.74, 6) is 0. The summed E-state index contributed by atoms with van der Waals surface area (Å²) in [4.78, 5) is 0. The molecule has 0 atom stereocenters. The van der Waals surface area contributed by atoms with Crippen molar-refractivity contribution in [2.75, 3.05) is 0 Å². The molecule has 0 aliphatic carbocycles. The summed E-state index contributed by atoms with van der Waals surface area (Å²) >= 11 is 0. The Morgan fingerprint density at radius 3 is 2.79 bits per heavy atom. The highest BCUT2D eigenvalue weighted by atomic mass is 28.3. The summed E-state index contributed by atoms with van der Waals surface area (Å²) in [7, 11) is 1.13. The van der Waals surface area contributed by atoms with Gasteiger partial charge in [0.25, 0.3) is 0 Å². The summed E-state index contributed by atoms with van der Waals surface area (Å²) < 4.78 is 2.32. The fourth-order valence-electron chi connectivity index (χ4n) is 2.49. The number of hydrogen-bond acceptors (Lipinski definition) is 0. The van der Waals surface area contributed by atoms with Gasteiger partial charge in [0.05, 0.1) is 8.07 Å². The van der Waals surface area contributed by atoms with E-state index >= 15 is 0 Å². The van der Waals surface area contributed by atoms with Crippen molar-refractivity contribution in [3.63, 3.8) is 0 Å². The maximum Gasteiger partial charge on any atom is 0.181 e. The summed E-state index contributed by atoms with van der Waals surface area (Å²) in [5, 5.41) is 1.69. The minimum Gasteiger partial charge on any atom is -0.205 e. The van der Waals surface area contributed by atoms with Crippen molar-refractivity contribution in [2.45, 2.75) is 38.9 Å². The average Bonchev–Trinajstić information content (AvgIpc) is 2.42. The van der Waals surface area contributed by atoms with E-state index < -0.39 is 8.07 Å². The standard InChI is InChI=1S/C12H20NSi/c1-5-11-8-10-6-7-14(3,4)12(10)9-13(11)2/h8-9H,5-7H2,1-4H3/q+1. The van der Waals surface area contributed by atoms with E-state index in [-0.39, 0.29) is 0 Å². The Balaban J connectivity index is 2.55. The Hall–Kier alpha value is -0.633. The van der Waals surface area contributed by atoms with Gasteiger partial charge in [0.1, 0.15) is 7.05 Å². The maximum atomic E-state index is 2.49. The summed E-state index contributed by atoms with van der Waals surface area (Å²) in [5.41, 5.74) is 3.10. The fourth-order valence-corrected chi connectivity index (χ4v) is 5.26. The van der Waals surface area contributed by atoms with E-state index in [1.54, 1.807) is 10.8 Å². The van der Waals surface area contributed by atoms with Gasteiger partial charge in [0.15, 0.2) is 11.9 Å². The quantitative estimate of drug-likeness (QED) is 0.485. The monoisotopic (exact) mass is 206 g/mol. The molecule has 1 aliphatic rings. The average molecular weight is 206 g/mol. The molecule has 0 bridgehead atoms. The molecule has 0 spiro atoms. The van der Waals surface area contributed by atoms with Crippen LogP contribution in [0.2, 0.25) is 19.1 Å². The lowest BCUT2D eigenvalue weighted by Gasteiger charge is -2.14. The minimum absolute atomic E-state index is 1.05. The topological polar surface area (TPSA) is 3.88 Å². The van der Waals surface area contributed by atoms with Crippen LogP contribution in [0.1, 0.15) is 18.2 Å². The zero-order valence-corrected chi connectivity index (χ0v) is 10.7. The van der Waals surface area contributed by atoms with E-state index in [1.165, 1.54) is 18.2 Å². The maximum absolute atomic E-state index is 2.49. The molecule has 0 amide bonds. The Morgan fingerprint density at radius 2 is 2.14 bits per heavy atom. The molecule has 0 unspecified atom stereocenters. The molecule has 0 saturated carbocycles. The van der Waals surface area contributed by atoms with E-state index in [0.29, 0.717) is 0 Å². The highest BCUT2D eigenvalue weighted by molar-refractivity contribution is 6.91. The number of nitrogens with zero attached hydrogens (tertiary/aromatic N) is 1. The SMILES string of the molecule is CCc1cc2c(c[n+]1C)[Si](C)(C)CC2. The largest absolute Gasteiger partial charge is 0.205 e. The summed E-state index contributed by atoms with van der Waals surface area (Å²) in [6.07, 6.45) is 4.86. The third-order valence-corrected chi connectivity index (χ3v) is 6.98. The molecule has 2 heterocycles. The van der Waals surface area contributed by atoms with Crippen molar-refractivity contribution in [2.24, 2.45) is 7.05 Å². The lowest BCUT2D eigenvalue weighted by atomic mass is 10.1. The Labute approximate surface area is 87.8 Å². The van der Waals surface area contributed by atoms with E-state index in [9.17, 15) is 0 Å². The van der Waals surface area contributed by atoms with Crippen LogP contribution in [-0.2, 0) is 19.9 Å². The van der Waals surface area contributed by atoms with Gasteiger partial charge in [0, 0.05) is 17.7 Å². The molecular formula is C12H20NSi+. The minimum atomic E-state index is -1.05. The van der Waals surface area contributed by atoms with Crippen LogP contribution in [-0.4, -0.2) is 8.07 Å². The van der Waals surface area contributed by atoms with Crippen LogP contribution >= 0.6 is 0 Å². The van der Waals surface area contributed by atoms with Gasteiger partial charge in [-0.2, -0.15) is 0 Å². The smallest absolute Gasteiger partial charge is 0.181 e. The van der Waals surface area contributed by atoms with Crippen molar-refractivity contribution in [3.05, 3.63) is 23.5 Å². The van der Waals surface area contributed by atoms with E-state index in [1.807, 2.05) is 0 Å². The van der Waals surface area contributed by atoms with E-state index in [0.717, 1.165) is 6.42 Å². The molecule has 2 heteroatoms. The van der Waals surface area contributed by atoms with Gasteiger partial charge < -0.3 is 0 Å². The molecule has 14 heavy (non-hydrogen) atoms. The molecule has 0 aromatic carbocycles. The Bertz CT molecular complexity index is 369. The molecule has 0 radical (unpaired) electrons. The zero-order chi connectivity index (χ0) is 10.3. The second-order valence-corrected chi connectivity index (χ2v) is 9.86. The third kappa shape index (κ3) is 1.42. The van der Waals surface area contributed by atoms with Crippen molar-refractivity contribution in [1.82, 2.24) is 0 Å². The van der Waals surface area contributed by atoms with Gasteiger partial charge in [-0.25, -0.2) is 4.57 Å². The molecule has 1 nitrogen and oxygen atoms in total. The molecule has 76 valence electrons. The Kier molecular flexibility index (Phi) is 2.26. The number of pyridine rings is 1. The number of aromatic nitrogens is 1. The van der Waals surface area contributed by atoms with Crippen LogP contribution in [0.5, 0.6) is 0 Å². The van der Waals surface area contributed by atoms with Gasteiger partial charge >= 0.3 is 0 Å². The Morgan fingerprint density at radius 1 is 1.43 bits per heavy atom. The summed E-state index contributed by atoms with van der Waals surface area (Å²) in [6.45, 7) is 7.22. The van der Waals surface area contributed by atoms with Gasteiger partial charge in [-0.15, -0.1) is 0 Å². The van der Waals surface area contributed by atoms with Crippen LogP contribution in [0.15, 0.2) is 12.3 Å². The molecule has 2 rings (SSSR count). The predicted molar refractivity (Wildman–Crippen MR) is 62.6 cm³/mol. The highest BCUT2D eigenvalue weighted by Crippen LogP contribution is 2.22. The van der Waals surface area contributed by atoms with Crippen molar-refractivity contribution >= 4 is 13.3 Å². The molecule has 0 N–H and O–H groups in total.